The van der Waals surface area contributed by atoms with Crippen LogP contribution in [0.15, 0.2) is 22.7 Å². The van der Waals surface area contributed by atoms with E-state index in [9.17, 15) is 0 Å². The van der Waals surface area contributed by atoms with E-state index in [0.29, 0.717) is 5.69 Å². The van der Waals surface area contributed by atoms with Gasteiger partial charge in [0.1, 0.15) is 4.60 Å². The standard InChI is InChI=1S/C7H8BrNO/c1-10-5-6-3-2-4-7(8)9-6/h2-4H,5H2,1H3/i2D,3D,4D. The molecule has 54 valence electrons. The number of nitrogens with zero attached hydrogens (tertiary/aromatic N) is 1. The molecule has 0 aromatic carbocycles. The minimum Gasteiger partial charge on any atom is -0.378 e. The molecule has 0 fully saturated rings. The van der Waals surface area contributed by atoms with Gasteiger partial charge in [0, 0.05) is 7.11 Å². The van der Waals surface area contributed by atoms with Crippen molar-refractivity contribution in [3.05, 3.63) is 28.4 Å². The Labute approximate surface area is 72.6 Å². The summed E-state index contributed by atoms with van der Waals surface area (Å²) in [6.45, 7) is 0.184. The van der Waals surface area contributed by atoms with Crippen LogP contribution in [0.5, 0.6) is 0 Å². The molecule has 0 radical (unpaired) electrons. The summed E-state index contributed by atoms with van der Waals surface area (Å²) < 4.78 is 27.3. The Balaban J connectivity index is 3.24. The fourth-order valence-electron chi connectivity index (χ4n) is 0.534. The molecule has 10 heavy (non-hydrogen) atoms. The molecular formula is C7H8BrNO. The van der Waals surface area contributed by atoms with E-state index >= 15 is 0 Å². The van der Waals surface area contributed by atoms with Crippen molar-refractivity contribution in [2.75, 3.05) is 7.11 Å². The minimum atomic E-state index is -0.131. The Morgan fingerprint density at radius 3 is 3.30 bits per heavy atom. The molecule has 1 rings (SSSR count). The summed E-state index contributed by atoms with van der Waals surface area (Å²) in [7, 11) is 1.49. The lowest BCUT2D eigenvalue weighted by atomic mass is 10.4. The van der Waals surface area contributed by atoms with Crippen LogP contribution in [0, 0.1) is 0 Å². The van der Waals surface area contributed by atoms with Crippen molar-refractivity contribution >= 4 is 15.9 Å². The molecule has 0 bridgehead atoms. The Morgan fingerprint density at radius 1 is 1.80 bits per heavy atom. The quantitative estimate of drug-likeness (QED) is 0.688. The molecule has 0 aliphatic rings. The normalized spacial score (nSPS) is 14.0. The van der Waals surface area contributed by atoms with E-state index in [0.717, 1.165) is 0 Å². The van der Waals surface area contributed by atoms with Crippen molar-refractivity contribution < 1.29 is 8.85 Å². The van der Waals surface area contributed by atoms with Crippen LogP contribution in [0.25, 0.3) is 0 Å². The number of rotatable bonds is 2. The first-order valence-electron chi connectivity index (χ1n) is 4.19. The van der Waals surface area contributed by atoms with Crippen LogP contribution in [0.2, 0.25) is 0 Å². The zero-order valence-electron chi connectivity index (χ0n) is 8.44. The van der Waals surface area contributed by atoms with E-state index in [-0.39, 0.29) is 29.3 Å². The van der Waals surface area contributed by atoms with Gasteiger partial charge in [0.15, 0.2) is 0 Å². The molecular weight excluding hydrogens is 194 g/mol. The molecule has 0 aliphatic heterocycles. The average Bonchev–Trinajstić information content (AvgIpc) is 2.11. The number of pyridine rings is 1. The maximum atomic E-state index is 7.47. The first-order chi connectivity index (χ1) is 6.07. The molecule has 0 aliphatic carbocycles. The summed E-state index contributed by atoms with van der Waals surface area (Å²) in [5.74, 6) is 0. The Hall–Kier alpha value is -0.410. The first-order valence-corrected chi connectivity index (χ1v) is 3.48. The van der Waals surface area contributed by atoms with Crippen LogP contribution in [-0.4, -0.2) is 12.1 Å². The van der Waals surface area contributed by atoms with E-state index in [4.69, 9.17) is 8.85 Å². The predicted molar refractivity (Wildman–Crippen MR) is 42.7 cm³/mol. The highest BCUT2D eigenvalue weighted by Gasteiger charge is 1.91. The molecule has 1 aromatic rings. The lowest BCUT2D eigenvalue weighted by Crippen LogP contribution is -1.90. The van der Waals surface area contributed by atoms with Gasteiger partial charge in [-0.25, -0.2) is 4.98 Å². The first kappa shape index (κ1) is 4.46. The highest BCUT2D eigenvalue weighted by atomic mass is 79.9. The van der Waals surface area contributed by atoms with E-state index in [1.54, 1.807) is 0 Å². The van der Waals surface area contributed by atoms with Crippen LogP contribution in [-0.2, 0) is 11.3 Å². The van der Waals surface area contributed by atoms with E-state index < -0.39 is 0 Å². The molecule has 0 N–H and O–H groups in total. The number of halogens is 1. The fraction of sp³-hybridized carbons (Fsp3) is 0.286. The van der Waals surface area contributed by atoms with Gasteiger partial charge in [-0.1, -0.05) is 6.04 Å². The topological polar surface area (TPSA) is 22.1 Å². The second kappa shape index (κ2) is 3.68. The predicted octanol–water partition coefficient (Wildman–Crippen LogP) is 1.99. The van der Waals surface area contributed by atoms with Gasteiger partial charge in [0.25, 0.3) is 0 Å². The van der Waals surface area contributed by atoms with E-state index in [1.807, 2.05) is 0 Å². The summed E-state index contributed by atoms with van der Waals surface area (Å²) >= 11 is 3.04. The van der Waals surface area contributed by atoms with Crippen LogP contribution in [0.4, 0.5) is 0 Å². The number of methoxy groups -OCH3 is 1. The molecule has 1 aromatic heterocycles. The molecule has 2 nitrogen and oxygen atoms in total. The maximum absolute atomic E-state index is 7.47. The molecule has 0 saturated heterocycles. The maximum Gasteiger partial charge on any atom is 0.106 e. The lowest BCUT2D eigenvalue weighted by molar-refractivity contribution is 0.181. The van der Waals surface area contributed by atoms with Crippen molar-refractivity contribution in [2.45, 2.75) is 6.61 Å². The van der Waals surface area contributed by atoms with Gasteiger partial charge in [-0.3, -0.25) is 0 Å². The Bertz CT molecular complexity index is 332. The van der Waals surface area contributed by atoms with Gasteiger partial charge in [-0.15, -0.1) is 0 Å². The SMILES string of the molecule is [2H]c1c(Br)nc(COC)c([2H])c1[2H]. The van der Waals surface area contributed by atoms with Crippen molar-refractivity contribution in [1.82, 2.24) is 4.98 Å². The summed E-state index contributed by atoms with van der Waals surface area (Å²) in [5.41, 5.74) is 0.371. The highest BCUT2D eigenvalue weighted by molar-refractivity contribution is 9.10. The summed E-state index contributed by atoms with van der Waals surface area (Å²) in [4.78, 5) is 3.92. The number of aromatic nitrogens is 1. The van der Waals surface area contributed by atoms with Gasteiger partial charge in [-0.2, -0.15) is 0 Å². The fourth-order valence-corrected chi connectivity index (χ4v) is 0.848. The monoisotopic (exact) mass is 204 g/mol. The van der Waals surface area contributed by atoms with Crippen molar-refractivity contribution in [3.63, 3.8) is 0 Å². The zero-order valence-corrected chi connectivity index (χ0v) is 7.03. The van der Waals surface area contributed by atoms with Gasteiger partial charge >= 0.3 is 0 Å². The molecule has 0 saturated carbocycles. The summed E-state index contributed by atoms with van der Waals surface area (Å²) in [5, 5.41) is 0. The second-order valence-electron chi connectivity index (χ2n) is 1.66. The van der Waals surface area contributed by atoms with Crippen LogP contribution < -0.4 is 0 Å². The lowest BCUT2D eigenvalue weighted by Gasteiger charge is -1.97. The molecule has 0 unspecified atom stereocenters. The molecule has 1 heterocycles. The van der Waals surface area contributed by atoms with E-state index in [1.165, 1.54) is 7.11 Å². The second-order valence-corrected chi connectivity index (χ2v) is 2.41. The largest absolute Gasteiger partial charge is 0.378 e. The average molecular weight is 205 g/mol. The number of ether oxygens (including phenoxy) is 1. The highest BCUT2D eigenvalue weighted by Crippen LogP contribution is 2.06. The Morgan fingerprint density at radius 2 is 2.60 bits per heavy atom. The van der Waals surface area contributed by atoms with Crippen molar-refractivity contribution in [3.8, 4) is 0 Å². The van der Waals surface area contributed by atoms with Crippen molar-refractivity contribution in [2.24, 2.45) is 0 Å². The van der Waals surface area contributed by atoms with Gasteiger partial charge in [0.2, 0.25) is 0 Å². The Kier molecular flexibility index (Phi) is 1.64. The zero-order chi connectivity index (χ0) is 10.0. The van der Waals surface area contributed by atoms with Gasteiger partial charge < -0.3 is 4.74 Å². The molecule has 0 amide bonds. The number of hydrogen-bond donors (Lipinski definition) is 0. The minimum absolute atomic E-state index is 0.0462. The van der Waals surface area contributed by atoms with Crippen LogP contribution in [0.3, 0.4) is 0 Å². The molecule has 0 atom stereocenters. The van der Waals surface area contributed by atoms with Crippen LogP contribution in [0.1, 0.15) is 9.81 Å². The van der Waals surface area contributed by atoms with Gasteiger partial charge in [-0.05, 0) is 28.0 Å². The third-order valence-corrected chi connectivity index (χ3v) is 1.26. The van der Waals surface area contributed by atoms with Crippen LogP contribution >= 0.6 is 15.9 Å². The number of hydrogen-bond acceptors (Lipinski definition) is 2. The summed E-state index contributed by atoms with van der Waals surface area (Å²) in [6.07, 6.45) is 0. The third kappa shape index (κ3) is 2.08. The smallest absolute Gasteiger partial charge is 0.106 e. The van der Waals surface area contributed by atoms with E-state index in [2.05, 4.69) is 20.9 Å². The van der Waals surface area contributed by atoms with Gasteiger partial charge in [0.05, 0.1) is 16.4 Å². The van der Waals surface area contributed by atoms with Crippen molar-refractivity contribution in [1.29, 1.82) is 0 Å². The summed E-state index contributed by atoms with van der Waals surface area (Å²) in [6, 6.07) is -0.242. The molecule has 3 heteroatoms. The molecule has 0 spiro atoms. The third-order valence-electron chi connectivity index (χ3n) is 0.887.